The van der Waals surface area contributed by atoms with Crippen LogP contribution in [0.25, 0.3) is 0 Å². The molecule has 4 N–H and O–H groups in total. The van der Waals surface area contributed by atoms with E-state index < -0.39 is 67.3 Å². The summed E-state index contributed by atoms with van der Waals surface area (Å²) in [6, 6.07) is -3.59. The lowest BCUT2D eigenvalue weighted by Gasteiger charge is -2.44. The van der Waals surface area contributed by atoms with Crippen molar-refractivity contribution in [3.05, 3.63) is 11.6 Å². The second kappa shape index (κ2) is 19.4. The maximum absolute atomic E-state index is 15.1. The van der Waals surface area contributed by atoms with Gasteiger partial charge in [-0.2, -0.15) is 0 Å². The molecule has 3 aliphatic carbocycles. The van der Waals surface area contributed by atoms with Crippen molar-refractivity contribution in [2.75, 3.05) is 18.8 Å². The summed E-state index contributed by atoms with van der Waals surface area (Å²) in [6.45, 7) is 11.6. The fraction of sp³-hybridized carbons (Fsp3) is 0.791. The Morgan fingerprint density at radius 3 is 2.11 bits per heavy atom. The number of terminal acetylenes is 1. The Kier molecular flexibility index (Phi) is 15.7. The van der Waals surface area contributed by atoms with Crippen LogP contribution in [-0.4, -0.2) is 90.1 Å². The van der Waals surface area contributed by atoms with Gasteiger partial charge in [-0.15, -0.1) is 12.3 Å². The molecule has 0 aromatic rings. The molecule has 12 nitrogen and oxygen atoms in total. The van der Waals surface area contributed by atoms with E-state index in [1.165, 1.54) is 0 Å². The Morgan fingerprint density at radius 2 is 1.55 bits per heavy atom. The van der Waals surface area contributed by atoms with Gasteiger partial charge in [-0.25, -0.2) is 13.2 Å². The molecule has 0 radical (unpaired) electrons. The normalized spacial score (nSPS) is 23.3. The number of urea groups is 1. The lowest BCUT2D eigenvalue weighted by molar-refractivity contribution is -0.145. The van der Waals surface area contributed by atoms with Gasteiger partial charge in [-0.05, 0) is 84.0 Å². The minimum atomic E-state index is -3.59. The maximum atomic E-state index is 15.1. The van der Waals surface area contributed by atoms with Gasteiger partial charge in [0.2, 0.25) is 17.6 Å². The monoisotopic (exact) mass is 799 g/mol. The molecule has 0 aromatic heterocycles. The van der Waals surface area contributed by atoms with Crippen molar-refractivity contribution >= 4 is 39.4 Å². The first kappa shape index (κ1) is 45.3. The summed E-state index contributed by atoms with van der Waals surface area (Å²) in [5.41, 5.74) is -0.601. The van der Waals surface area contributed by atoms with E-state index in [1.54, 1.807) is 18.7 Å². The van der Waals surface area contributed by atoms with Crippen LogP contribution in [0.1, 0.15) is 151 Å². The minimum absolute atomic E-state index is 0.146. The van der Waals surface area contributed by atoms with Crippen molar-refractivity contribution < 1.29 is 32.4 Å². The molecule has 2 unspecified atom stereocenters. The molecular formula is C43H69N5O7S. The lowest BCUT2D eigenvalue weighted by Crippen LogP contribution is -2.64. The van der Waals surface area contributed by atoms with E-state index in [-0.39, 0.29) is 43.0 Å². The third kappa shape index (κ3) is 11.2. The van der Waals surface area contributed by atoms with Crippen LogP contribution in [0, 0.1) is 29.6 Å². The van der Waals surface area contributed by atoms with E-state index in [0.717, 1.165) is 63.4 Å². The quantitative estimate of drug-likeness (QED) is 0.0652. The van der Waals surface area contributed by atoms with E-state index in [2.05, 4.69) is 27.2 Å². The number of sulfone groups is 1. The van der Waals surface area contributed by atoms with Gasteiger partial charge in [-0.1, -0.05) is 83.3 Å². The number of nitrogens with one attached hydrogen (secondary N) is 4. The van der Waals surface area contributed by atoms with Crippen LogP contribution in [-0.2, 0) is 29.0 Å². The van der Waals surface area contributed by atoms with Gasteiger partial charge >= 0.3 is 6.03 Å². The molecule has 4 fully saturated rings. The number of rotatable bonds is 17. The van der Waals surface area contributed by atoms with E-state index in [1.807, 2.05) is 33.8 Å². The Labute approximate surface area is 336 Å². The number of Topliss-reactive ketones (excluding diaryl/α,β-unsaturated/α-hetero) is 1. The summed E-state index contributed by atoms with van der Waals surface area (Å²) in [6.07, 6.45) is 19.5. The molecule has 56 heavy (non-hydrogen) atoms. The summed E-state index contributed by atoms with van der Waals surface area (Å²) in [5.74, 6) is -0.294. The van der Waals surface area contributed by atoms with Gasteiger partial charge in [0.05, 0.1) is 22.1 Å². The van der Waals surface area contributed by atoms with Crippen molar-refractivity contribution in [2.24, 2.45) is 17.3 Å². The van der Waals surface area contributed by atoms with E-state index in [9.17, 15) is 27.6 Å². The van der Waals surface area contributed by atoms with E-state index in [4.69, 9.17) is 6.42 Å². The van der Waals surface area contributed by atoms with Crippen molar-refractivity contribution in [2.45, 2.75) is 179 Å². The average molecular weight is 800 g/mol. The van der Waals surface area contributed by atoms with Gasteiger partial charge in [0.15, 0.2) is 9.84 Å². The number of allylic oxidation sites excluding steroid dienone is 1. The smallest absolute Gasteiger partial charge is 0.315 e. The number of amides is 5. The number of hydrogen-bond acceptors (Lipinski definition) is 7. The lowest BCUT2D eigenvalue weighted by atomic mass is 9.70. The number of ketones is 1. The molecule has 0 spiro atoms. The summed E-state index contributed by atoms with van der Waals surface area (Å²) in [4.78, 5) is 71.7. The molecule has 4 atom stereocenters. The number of carbonyl (C=O) groups is 5. The molecule has 0 bridgehead atoms. The molecule has 4 rings (SSSR count). The molecule has 1 saturated heterocycles. The summed E-state index contributed by atoms with van der Waals surface area (Å²) in [5, 5.41) is 11.7. The minimum Gasteiger partial charge on any atom is -0.348 e. The predicted octanol–water partition coefficient (Wildman–Crippen LogP) is 5.50. The van der Waals surface area contributed by atoms with Crippen LogP contribution < -0.4 is 21.3 Å². The molecule has 3 saturated carbocycles. The standard InChI is InChI=1S/C43H69N5O7S/c1-8-10-25-44-38(51)35(49)33(28-31-18-17-19-31)45-37(50)34-32(27-30(3)4)20-26-48(34)39(52)36(42(7)21-13-11-14-22-42)46-40(53)47-43(23-15-12-16-24-43)29-56(54,55)41(5,6)9-2/h1,27,31-34,36H,9-26,28-29H2,2-7H3,(H,44,51)(H,45,50)(H2,46,47,53)/t32?,33?,34-,36+/m0/s1. The van der Waals surface area contributed by atoms with Crippen molar-refractivity contribution in [1.29, 1.82) is 0 Å². The van der Waals surface area contributed by atoms with Crippen LogP contribution >= 0.6 is 0 Å². The van der Waals surface area contributed by atoms with Gasteiger partial charge < -0.3 is 26.2 Å². The molecule has 13 heteroatoms. The topological polar surface area (TPSA) is 171 Å². The summed E-state index contributed by atoms with van der Waals surface area (Å²) in [7, 11) is -3.59. The number of hydrogen-bond donors (Lipinski definition) is 4. The van der Waals surface area contributed by atoms with Crippen LogP contribution in [0.2, 0.25) is 0 Å². The molecule has 5 amide bonds. The summed E-state index contributed by atoms with van der Waals surface area (Å²) >= 11 is 0. The van der Waals surface area contributed by atoms with E-state index >= 15 is 4.79 Å². The van der Waals surface area contributed by atoms with Crippen LogP contribution in [0.5, 0.6) is 0 Å². The summed E-state index contributed by atoms with van der Waals surface area (Å²) < 4.78 is 26.5. The first-order chi connectivity index (χ1) is 26.4. The highest BCUT2D eigenvalue weighted by atomic mass is 32.2. The maximum Gasteiger partial charge on any atom is 0.315 e. The third-order valence-corrected chi connectivity index (χ3v) is 16.2. The Balaban J connectivity index is 1.64. The van der Waals surface area contributed by atoms with Crippen LogP contribution in [0.15, 0.2) is 11.6 Å². The van der Waals surface area contributed by atoms with Gasteiger partial charge in [-0.3, -0.25) is 19.2 Å². The van der Waals surface area contributed by atoms with Crippen molar-refractivity contribution in [3.8, 4) is 12.3 Å². The molecule has 1 aliphatic heterocycles. The SMILES string of the molecule is C#CCCNC(=O)C(=O)C(CC1CCC1)NC(=O)[C@@H]1C(C=C(C)C)CCN1C(=O)[C@@H](NC(=O)NC1(CS(=O)(=O)C(C)(C)CC)CCCCC1)C1(C)CCCCC1. The fourth-order valence-corrected chi connectivity index (χ4v) is 11.0. The average Bonchev–Trinajstić information content (AvgIpc) is 3.54. The fourth-order valence-electron chi connectivity index (χ4n) is 9.12. The predicted molar refractivity (Wildman–Crippen MR) is 219 cm³/mol. The molecule has 314 valence electrons. The van der Waals surface area contributed by atoms with Crippen molar-refractivity contribution in [1.82, 2.24) is 26.2 Å². The van der Waals surface area contributed by atoms with Crippen LogP contribution in [0.4, 0.5) is 4.79 Å². The molecule has 4 aliphatic rings. The van der Waals surface area contributed by atoms with Crippen LogP contribution in [0.3, 0.4) is 0 Å². The molecular weight excluding hydrogens is 731 g/mol. The zero-order valence-corrected chi connectivity index (χ0v) is 35.7. The highest BCUT2D eigenvalue weighted by molar-refractivity contribution is 7.92. The number of likely N-dealkylation sites (tertiary alicyclic amines) is 1. The number of carbonyl (C=O) groups excluding carboxylic acids is 5. The first-order valence-corrected chi connectivity index (χ1v) is 22.8. The Hall–Kier alpha value is -3.40. The third-order valence-electron chi connectivity index (χ3n) is 13.3. The second-order valence-electron chi connectivity index (χ2n) is 18.3. The van der Waals surface area contributed by atoms with Gasteiger partial charge in [0, 0.05) is 25.4 Å². The number of nitrogens with zero attached hydrogens (tertiary/aromatic N) is 1. The highest BCUT2D eigenvalue weighted by Crippen LogP contribution is 2.41. The largest absolute Gasteiger partial charge is 0.348 e. The highest BCUT2D eigenvalue weighted by Gasteiger charge is 2.50. The Morgan fingerprint density at radius 1 is 0.929 bits per heavy atom. The second-order valence-corrected chi connectivity index (χ2v) is 20.9. The zero-order chi connectivity index (χ0) is 41.3. The van der Waals surface area contributed by atoms with E-state index in [0.29, 0.717) is 44.9 Å². The molecule has 0 aromatic carbocycles. The Bertz CT molecular complexity index is 1610. The van der Waals surface area contributed by atoms with Crippen molar-refractivity contribution in [3.63, 3.8) is 0 Å². The van der Waals surface area contributed by atoms with Gasteiger partial charge in [0.1, 0.15) is 12.1 Å². The zero-order valence-electron chi connectivity index (χ0n) is 34.9. The first-order valence-electron chi connectivity index (χ1n) is 21.2. The molecule has 1 heterocycles. The van der Waals surface area contributed by atoms with Gasteiger partial charge in [0.25, 0.3) is 5.91 Å².